The number of amides is 1. The van der Waals surface area contributed by atoms with Crippen LogP contribution in [0.3, 0.4) is 0 Å². The van der Waals surface area contributed by atoms with Crippen molar-refractivity contribution in [2.45, 2.75) is 19.4 Å². The summed E-state index contributed by atoms with van der Waals surface area (Å²) < 4.78 is 11.4. The minimum Gasteiger partial charge on any atom is -0.451 e. The van der Waals surface area contributed by atoms with Gasteiger partial charge in [0.1, 0.15) is 5.76 Å². The van der Waals surface area contributed by atoms with Crippen LogP contribution in [0.25, 0.3) is 11.3 Å². The predicted molar refractivity (Wildman–Crippen MR) is 93.1 cm³/mol. The van der Waals surface area contributed by atoms with E-state index >= 15 is 0 Å². The van der Waals surface area contributed by atoms with Crippen LogP contribution in [0.4, 0.5) is 0 Å². The summed E-state index contributed by atoms with van der Waals surface area (Å²) in [6.07, 6.45) is 0.991. The third kappa shape index (κ3) is 4.24. The molecule has 2 aromatic rings. The normalized spacial score (nSPS) is 18.5. The van der Waals surface area contributed by atoms with Gasteiger partial charge in [-0.05, 0) is 32.5 Å². The van der Waals surface area contributed by atoms with Crippen LogP contribution in [0, 0.1) is 6.92 Å². The van der Waals surface area contributed by atoms with Crippen molar-refractivity contribution >= 4 is 5.91 Å². The number of rotatable bonds is 5. The lowest BCUT2D eigenvalue weighted by molar-refractivity contribution is -0.0226. The zero-order valence-corrected chi connectivity index (χ0v) is 14.2. The Morgan fingerprint density at radius 3 is 2.79 bits per heavy atom. The number of likely N-dealkylation sites (N-methyl/N-ethyl adjacent to an activating group) is 1. The fourth-order valence-electron chi connectivity index (χ4n) is 2.81. The third-order valence-electron chi connectivity index (χ3n) is 4.26. The van der Waals surface area contributed by atoms with Gasteiger partial charge in [0, 0.05) is 25.2 Å². The number of nitrogens with zero attached hydrogens (tertiary/aromatic N) is 1. The van der Waals surface area contributed by atoms with Crippen molar-refractivity contribution in [1.29, 1.82) is 0 Å². The van der Waals surface area contributed by atoms with E-state index in [0.29, 0.717) is 18.1 Å². The lowest BCUT2D eigenvalue weighted by atomic mass is 10.1. The van der Waals surface area contributed by atoms with Gasteiger partial charge >= 0.3 is 0 Å². The third-order valence-corrected chi connectivity index (χ3v) is 4.26. The number of carbonyl (C=O) groups excluding carboxylic acids is 1. The summed E-state index contributed by atoms with van der Waals surface area (Å²) in [6, 6.07) is 11.6. The quantitative estimate of drug-likeness (QED) is 0.917. The van der Waals surface area contributed by atoms with Gasteiger partial charge in [0.25, 0.3) is 5.91 Å². The van der Waals surface area contributed by atoms with Gasteiger partial charge < -0.3 is 19.4 Å². The van der Waals surface area contributed by atoms with Gasteiger partial charge in [-0.3, -0.25) is 4.79 Å². The van der Waals surface area contributed by atoms with E-state index in [9.17, 15) is 4.79 Å². The Morgan fingerprint density at radius 2 is 2.04 bits per heavy atom. The average Bonchev–Trinajstić information content (AvgIpc) is 3.05. The first kappa shape index (κ1) is 16.7. The molecule has 1 N–H and O–H groups in total. The molecule has 5 nitrogen and oxygen atoms in total. The smallest absolute Gasteiger partial charge is 0.287 e. The van der Waals surface area contributed by atoms with E-state index < -0.39 is 0 Å². The average molecular weight is 328 g/mol. The first-order chi connectivity index (χ1) is 11.6. The molecule has 1 amide bonds. The maximum absolute atomic E-state index is 12.2. The van der Waals surface area contributed by atoms with Crippen LogP contribution in [-0.2, 0) is 4.74 Å². The monoisotopic (exact) mass is 328 g/mol. The summed E-state index contributed by atoms with van der Waals surface area (Å²) >= 11 is 0. The van der Waals surface area contributed by atoms with Gasteiger partial charge in [-0.25, -0.2) is 0 Å². The van der Waals surface area contributed by atoms with Gasteiger partial charge in [0.2, 0.25) is 0 Å². The van der Waals surface area contributed by atoms with E-state index in [1.165, 1.54) is 5.56 Å². The summed E-state index contributed by atoms with van der Waals surface area (Å²) in [4.78, 5) is 14.4. The number of hydrogen-bond donors (Lipinski definition) is 1. The lowest BCUT2D eigenvalue weighted by Crippen LogP contribution is -2.41. The number of carbonyl (C=O) groups is 1. The second-order valence-electron chi connectivity index (χ2n) is 6.33. The molecule has 0 saturated carbocycles. The van der Waals surface area contributed by atoms with E-state index in [1.54, 1.807) is 6.07 Å². The van der Waals surface area contributed by atoms with Crippen LogP contribution in [0.2, 0.25) is 0 Å². The van der Waals surface area contributed by atoms with Gasteiger partial charge in [-0.15, -0.1) is 0 Å². The largest absolute Gasteiger partial charge is 0.451 e. The van der Waals surface area contributed by atoms with E-state index in [4.69, 9.17) is 9.15 Å². The second kappa shape index (κ2) is 7.64. The van der Waals surface area contributed by atoms with Crippen molar-refractivity contribution in [3.05, 3.63) is 47.7 Å². The molecule has 1 fully saturated rings. The van der Waals surface area contributed by atoms with Crippen molar-refractivity contribution in [3.63, 3.8) is 0 Å². The number of morpholine rings is 1. The first-order valence-corrected chi connectivity index (χ1v) is 8.37. The number of benzene rings is 1. The summed E-state index contributed by atoms with van der Waals surface area (Å²) in [5, 5.41) is 2.90. The standard InChI is InChI=1S/C19H24N2O3/c1-14-3-5-15(6-4-14)17-7-8-18(24-17)19(22)20-10-9-16-13-21(2)11-12-23-16/h3-8,16H,9-13H2,1-2H3,(H,20,22). The van der Waals surface area contributed by atoms with E-state index in [1.807, 2.05) is 37.3 Å². The predicted octanol–water partition coefficient (Wildman–Crippen LogP) is 2.71. The van der Waals surface area contributed by atoms with Crippen molar-refractivity contribution in [1.82, 2.24) is 10.2 Å². The molecule has 128 valence electrons. The highest BCUT2D eigenvalue weighted by molar-refractivity contribution is 5.92. The first-order valence-electron chi connectivity index (χ1n) is 8.37. The Kier molecular flexibility index (Phi) is 5.33. The maximum Gasteiger partial charge on any atom is 0.287 e. The molecule has 2 heterocycles. The molecular formula is C19H24N2O3. The maximum atomic E-state index is 12.2. The number of aryl methyl sites for hydroxylation is 1. The lowest BCUT2D eigenvalue weighted by Gasteiger charge is -2.30. The molecule has 0 aliphatic carbocycles. The summed E-state index contributed by atoms with van der Waals surface area (Å²) in [5.74, 6) is 0.863. The minimum atomic E-state index is -0.183. The van der Waals surface area contributed by atoms with Crippen LogP contribution in [0.15, 0.2) is 40.8 Å². The highest BCUT2D eigenvalue weighted by Gasteiger charge is 2.18. The molecule has 3 rings (SSSR count). The van der Waals surface area contributed by atoms with Gasteiger partial charge in [0.15, 0.2) is 5.76 Å². The Hall–Kier alpha value is -2.11. The number of hydrogen-bond acceptors (Lipinski definition) is 4. The Labute approximate surface area is 142 Å². The molecule has 1 atom stereocenters. The van der Waals surface area contributed by atoms with Crippen molar-refractivity contribution < 1.29 is 13.9 Å². The van der Waals surface area contributed by atoms with Crippen LogP contribution in [0.1, 0.15) is 22.5 Å². The van der Waals surface area contributed by atoms with Gasteiger partial charge in [-0.2, -0.15) is 0 Å². The van der Waals surface area contributed by atoms with Gasteiger partial charge in [-0.1, -0.05) is 29.8 Å². The van der Waals surface area contributed by atoms with Crippen LogP contribution in [-0.4, -0.2) is 50.2 Å². The molecule has 1 aromatic heterocycles. The fourth-order valence-corrected chi connectivity index (χ4v) is 2.81. The Bertz CT molecular complexity index is 678. The molecule has 5 heteroatoms. The fraction of sp³-hybridized carbons (Fsp3) is 0.421. The highest BCUT2D eigenvalue weighted by atomic mass is 16.5. The molecule has 24 heavy (non-hydrogen) atoms. The molecule has 1 aliphatic heterocycles. The Balaban J connectivity index is 1.51. The molecular weight excluding hydrogens is 304 g/mol. The van der Waals surface area contributed by atoms with E-state index in [0.717, 1.165) is 31.7 Å². The number of nitrogens with one attached hydrogen (secondary N) is 1. The molecule has 1 aromatic carbocycles. The SMILES string of the molecule is Cc1ccc(-c2ccc(C(=O)NCCC3CN(C)CCO3)o2)cc1. The highest BCUT2D eigenvalue weighted by Crippen LogP contribution is 2.22. The summed E-state index contributed by atoms with van der Waals surface area (Å²) in [7, 11) is 2.09. The van der Waals surface area contributed by atoms with E-state index in [-0.39, 0.29) is 12.0 Å². The molecule has 1 saturated heterocycles. The molecule has 0 spiro atoms. The van der Waals surface area contributed by atoms with Crippen LogP contribution >= 0.6 is 0 Å². The topological polar surface area (TPSA) is 54.7 Å². The second-order valence-corrected chi connectivity index (χ2v) is 6.33. The zero-order valence-electron chi connectivity index (χ0n) is 14.2. The zero-order chi connectivity index (χ0) is 16.9. The molecule has 0 bridgehead atoms. The summed E-state index contributed by atoms with van der Waals surface area (Å²) in [6.45, 7) is 5.26. The molecule has 1 unspecified atom stereocenters. The van der Waals surface area contributed by atoms with Crippen LogP contribution in [0.5, 0.6) is 0 Å². The van der Waals surface area contributed by atoms with Crippen molar-refractivity contribution in [3.8, 4) is 11.3 Å². The van der Waals surface area contributed by atoms with Gasteiger partial charge in [0.05, 0.1) is 12.7 Å². The Morgan fingerprint density at radius 1 is 1.25 bits per heavy atom. The van der Waals surface area contributed by atoms with E-state index in [2.05, 4.69) is 17.3 Å². The van der Waals surface area contributed by atoms with Crippen molar-refractivity contribution in [2.24, 2.45) is 0 Å². The molecule has 1 aliphatic rings. The van der Waals surface area contributed by atoms with Crippen LogP contribution < -0.4 is 5.32 Å². The molecule has 0 radical (unpaired) electrons. The summed E-state index contributed by atoms with van der Waals surface area (Å²) in [5.41, 5.74) is 2.16. The minimum absolute atomic E-state index is 0.183. The number of furan rings is 1. The number of ether oxygens (including phenoxy) is 1. The van der Waals surface area contributed by atoms with Crippen molar-refractivity contribution in [2.75, 3.05) is 33.3 Å².